The first-order valence-electron chi connectivity index (χ1n) is 7.80. The zero-order chi connectivity index (χ0) is 17.2. The summed E-state index contributed by atoms with van der Waals surface area (Å²) in [5.74, 6) is -0.794. The number of carbonyl (C=O) groups excluding carboxylic acids is 1. The Bertz CT molecular complexity index is 655. The summed E-state index contributed by atoms with van der Waals surface area (Å²) in [6, 6.07) is 11.7. The Hall–Kier alpha value is -2.67. The largest absolute Gasteiger partial charge is 0.480 e. The van der Waals surface area contributed by atoms with Gasteiger partial charge in [-0.25, -0.2) is 0 Å². The van der Waals surface area contributed by atoms with Gasteiger partial charge in [-0.05, 0) is 18.4 Å². The second-order valence-electron chi connectivity index (χ2n) is 5.29. The summed E-state index contributed by atoms with van der Waals surface area (Å²) in [5.41, 5.74) is 1.23. The quantitative estimate of drug-likeness (QED) is 0.649. The number of hydrogen-bond acceptors (Lipinski definition) is 4. The van der Waals surface area contributed by atoms with Crippen molar-refractivity contribution in [2.24, 2.45) is 0 Å². The Labute approximate surface area is 140 Å². The van der Waals surface area contributed by atoms with Crippen molar-refractivity contribution in [3.8, 4) is 0 Å². The number of rotatable bonds is 10. The topological polar surface area (TPSA) is 93.5 Å². The van der Waals surface area contributed by atoms with E-state index in [1.54, 1.807) is 6.07 Å². The molecule has 2 aromatic rings. The highest BCUT2D eigenvalue weighted by molar-refractivity contribution is 5.89. The molecule has 0 spiro atoms. The zero-order valence-electron chi connectivity index (χ0n) is 13.4. The van der Waals surface area contributed by atoms with E-state index < -0.39 is 5.97 Å². The van der Waals surface area contributed by atoms with Crippen molar-refractivity contribution >= 4 is 17.7 Å². The maximum Gasteiger partial charge on any atom is 0.325 e. The highest BCUT2D eigenvalue weighted by Gasteiger charge is 2.06. The van der Waals surface area contributed by atoms with Crippen LogP contribution in [0.5, 0.6) is 0 Å². The van der Waals surface area contributed by atoms with Crippen molar-refractivity contribution in [1.82, 2.24) is 9.78 Å². The monoisotopic (exact) mass is 331 g/mol. The average molecular weight is 331 g/mol. The van der Waals surface area contributed by atoms with Crippen molar-refractivity contribution in [3.63, 3.8) is 0 Å². The van der Waals surface area contributed by atoms with Crippen molar-refractivity contribution in [2.45, 2.75) is 25.8 Å². The normalized spacial score (nSPS) is 10.5. The van der Waals surface area contributed by atoms with Crippen LogP contribution in [0.15, 0.2) is 42.6 Å². The maximum atomic E-state index is 11.8. The van der Waals surface area contributed by atoms with E-state index >= 15 is 0 Å². The number of aliphatic carboxylic acids is 1. The van der Waals surface area contributed by atoms with Crippen molar-refractivity contribution in [1.29, 1.82) is 0 Å². The number of amides is 1. The van der Waals surface area contributed by atoms with E-state index in [-0.39, 0.29) is 12.5 Å². The number of nitrogens with one attached hydrogen (secondary N) is 1. The van der Waals surface area contributed by atoms with Crippen LogP contribution in [0.4, 0.5) is 5.82 Å². The van der Waals surface area contributed by atoms with Gasteiger partial charge in [-0.2, -0.15) is 5.10 Å². The first-order chi connectivity index (χ1) is 11.6. The summed E-state index contributed by atoms with van der Waals surface area (Å²) in [6.07, 6.45) is 3.32. The molecule has 24 heavy (non-hydrogen) atoms. The zero-order valence-corrected chi connectivity index (χ0v) is 13.4. The van der Waals surface area contributed by atoms with Crippen LogP contribution in [-0.2, 0) is 27.3 Å². The molecule has 0 unspecified atom stereocenters. The number of anilines is 1. The van der Waals surface area contributed by atoms with Gasteiger partial charge in [-0.1, -0.05) is 30.3 Å². The van der Waals surface area contributed by atoms with Crippen LogP contribution in [0.25, 0.3) is 0 Å². The third kappa shape index (κ3) is 6.62. The smallest absolute Gasteiger partial charge is 0.325 e. The van der Waals surface area contributed by atoms with Crippen LogP contribution in [0.1, 0.15) is 18.4 Å². The van der Waals surface area contributed by atoms with E-state index in [1.807, 2.05) is 18.2 Å². The van der Waals surface area contributed by atoms with Crippen LogP contribution in [0.3, 0.4) is 0 Å². The lowest BCUT2D eigenvalue weighted by atomic mass is 10.2. The number of hydrogen-bond donors (Lipinski definition) is 2. The molecule has 0 aliphatic heterocycles. The molecule has 0 saturated heterocycles. The molecule has 0 aliphatic rings. The van der Waals surface area contributed by atoms with E-state index in [4.69, 9.17) is 9.84 Å². The summed E-state index contributed by atoms with van der Waals surface area (Å²) in [6.45, 7) is 0.921. The summed E-state index contributed by atoms with van der Waals surface area (Å²) in [5, 5.41) is 15.2. The van der Waals surface area contributed by atoms with Gasteiger partial charge < -0.3 is 15.2 Å². The number of carbonyl (C=O) groups is 2. The van der Waals surface area contributed by atoms with Gasteiger partial charge in [-0.3, -0.25) is 14.3 Å². The molecular formula is C17H21N3O4. The molecule has 0 saturated carbocycles. The summed E-state index contributed by atoms with van der Waals surface area (Å²) in [7, 11) is 0. The fourth-order valence-corrected chi connectivity index (χ4v) is 2.13. The summed E-state index contributed by atoms with van der Waals surface area (Å²) in [4.78, 5) is 22.3. The standard InChI is InChI=1S/C17H21N3O4/c21-16(18-15-8-10-20(19-15)13-17(22)23)7-4-11-24-12-9-14-5-2-1-3-6-14/h1-3,5-6,8,10H,4,7,9,11-13H2,(H,22,23)(H,18,19,21). The Morgan fingerprint density at radius 2 is 1.96 bits per heavy atom. The molecule has 2 N–H and O–H groups in total. The SMILES string of the molecule is O=C(O)Cn1ccc(NC(=O)CCCOCCc2ccccc2)n1. The molecule has 0 fully saturated rings. The van der Waals surface area contributed by atoms with Crippen molar-refractivity contribution < 1.29 is 19.4 Å². The predicted octanol–water partition coefficient (Wildman–Crippen LogP) is 1.95. The molecule has 1 amide bonds. The molecule has 0 radical (unpaired) electrons. The van der Waals surface area contributed by atoms with Gasteiger partial charge in [0.25, 0.3) is 0 Å². The van der Waals surface area contributed by atoms with E-state index in [0.29, 0.717) is 31.9 Å². The van der Waals surface area contributed by atoms with Gasteiger partial charge in [0.1, 0.15) is 6.54 Å². The molecule has 0 bridgehead atoms. The Kier molecular flexibility index (Phi) is 6.97. The molecule has 128 valence electrons. The highest BCUT2D eigenvalue weighted by Crippen LogP contribution is 2.04. The lowest BCUT2D eigenvalue weighted by molar-refractivity contribution is -0.137. The van der Waals surface area contributed by atoms with Gasteiger partial charge >= 0.3 is 5.97 Å². The van der Waals surface area contributed by atoms with Crippen LogP contribution < -0.4 is 5.32 Å². The molecule has 7 heteroatoms. The Balaban J connectivity index is 1.56. The first kappa shape index (κ1) is 17.7. The minimum Gasteiger partial charge on any atom is -0.480 e. The third-order valence-electron chi connectivity index (χ3n) is 3.28. The molecule has 7 nitrogen and oxygen atoms in total. The van der Waals surface area contributed by atoms with Crippen LogP contribution >= 0.6 is 0 Å². The second-order valence-corrected chi connectivity index (χ2v) is 5.29. The first-order valence-corrected chi connectivity index (χ1v) is 7.80. The van der Waals surface area contributed by atoms with E-state index in [9.17, 15) is 9.59 Å². The van der Waals surface area contributed by atoms with Crippen molar-refractivity contribution in [2.75, 3.05) is 18.5 Å². The van der Waals surface area contributed by atoms with Crippen LogP contribution in [-0.4, -0.2) is 40.0 Å². The molecule has 0 aliphatic carbocycles. The minimum atomic E-state index is -0.983. The maximum absolute atomic E-state index is 11.8. The number of aromatic nitrogens is 2. The molecule has 1 aromatic heterocycles. The second kappa shape index (κ2) is 9.46. The summed E-state index contributed by atoms with van der Waals surface area (Å²) < 4.78 is 6.78. The number of ether oxygens (including phenoxy) is 1. The molecular weight excluding hydrogens is 310 g/mol. The average Bonchev–Trinajstić information content (AvgIpc) is 2.97. The Morgan fingerprint density at radius 3 is 2.71 bits per heavy atom. The molecule has 1 aromatic carbocycles. The Morgan fingerprint density at radius 1 is 1.17 bits per heavy atom. The third-order valence-corrected chi connectivity index (χ3v) is 3.28. The predicted molar refractivity (Wildman–Crippen MR) is 88.7 cm³/mol. The van der Waals surface area contributed by atoms with E-state index in [0.717, 1.165) is 6.42 Å². The molecule has 1 heterocycles. The van der Waals surface area contributed by atoms with Gasteiger partial charge in [-0.15, -0.1) is 0 Å². The number of nitrogens with zero attached hydrogens (tertiary/aromatic N) is 2. The van der Waals surface area contributed by atoms with Gasteiger partial charge in [0.05, 0.1) is 6.61 Å². The summed E-state index contributed by atoms with van der Waals surface area (Å²) >= 11 is 0. The minimum absolute atomic E-state index is 0.165. The van der Waals surface area contributed by atoms with Gasteiger partial charge in [0.2, 0.25) is 5.91 Å². The van der Waals surface area contributed by atoms with Gasteiger partial charge in [0.15, 0.2) is 5.82 Å². The fraction of sp³-hybridized carbons (Fsp3) is 0.353. The number of carboxylic acids is 1. The van der Waals surface area contributed by atoms with E-state index in [1.165, 1.54) is 16.4 Å². The number of benzene rings is 1. The molecule has 0 atom stereocenters. The van der Waals surface area contributed by atoms with Crippen molar-refractivity contribution in [3.05, 3.63) is 48.2 Å². The number of carboxylic acid groups (broad SMARTS) is 1. The fourth-order valence-electron chi connectivity index (χ4n) is 2.13. The van der Waals surface area contributed by atoms with Crippen LogP contribution in [0, 0.1) is 0 Å². The highest BCUT2D eigenvalue weighted by atomic mass is 16.5. The molecule has 2 rings (SSSR count). The lowest BCUT2D eigenvalue weighted by Crippen LogP contribution is -2.14. The van der Waals surface area contributed by atoms with E-state index in [2.05, 4.69) is 22.5 Å². The van der Waals surface area contributed by atoms with Gasteiger partial charge in [0, 0.05) is 25.3 Å². The lowest BCUT2D eigenvalue weighted by Gasteiger charge is -2.05. The van der Waals surface area contributed by atoms with Crippen LogP contribution in [0.2, 0.25) is 0 Å².